The third-order valence-electron chi connectivity index (χ3n) is 4.51. The Kier molecular flexibility index (Phi) is 4.96. The van der Waals surface area contributed by atoms with Crippen LogP contribution in [0.2, 0.25) is 0 Å². The van der Waals surface area contributed by atoms with Gasteiger partial charge in [0.15, 0.2) is 22.3 Å². The fourth-order valence-corrected chi connectivity index (χ4v) is 4.01. The molecule has 1 saturated heterocycles. The van der Waals surface area contributed by atoms with Gasteiger partial charge >= 0.3 is 6.18 Å². The molecule has 0 radical (unpaired) electrons. The molecule has 1 aliphatic heterocycles. The number of aryl methyl sites for hydroxylation is 1. The van der Waals surface area contributed by atoms with Gasteiger partial charge in [-0.05, 0) is 18.6 Å². The van der Waals surface area contributed by atoms with Crippen LogP contribution in [0.25, 0.3) is 11.1 Å². The van der Waals surface area contributed by atoms with Crippen LogP contribution in [0.15, 0.2) is 34.1 Å². The monoisotopic (exact) mass is 410 g/mol. The van der Waals surface area contributed by atoms with Crippen LogP contribution in [-0.4, -0.2) is 35.0 Å². The molecule has 10 heteroatoms. The largest absolute Gasteiger partial charge is 0.441 e. The first-order chi connectivity index (χ1) is 13.4. The second kappa shape index (κ2) is 7.42. The molecule has 3 heterocycles. The van der Waals surface area contributed by atoms with Gasteiger partial charge in [-0.3, -0.25) is 4.79 Å². The number of aromatic nitrogens is 2. The van der Waals surface area contributed by atoms with E-state index >= 15 is 0 Å². The maximum absolute atomic E-state index is 12.7. The van der Waals surface area contributed by atoms with E-state index < -0.39 is 11.9 Å². The SMILES string of the molecule is O=C(CCc1nc2ccccc2o1)N[C@@H]1CCN(c2nc(C(F)(F)F)cs2)C1. The van der Waals surface area contributed by atoms with Crippen LogP contribution in [0, 0.1) is 0 Å². The Bertz CT molecular complexity index is 952. The van der Waals surface area contributed by atoms with Gasteiger partial charge in [-0.1, -0.05) is 12.1 Å². The van der Waals surface area contributed by atoms with Crippen molar-refractivity contribution in [2.75, 3.05) is 18.0 Å². The Morgan fingerprint density at radius 3 is 2.89 bits per heavy atom. The molecule has 0 unspecified atom stereocenters. The lowest BCUT2D eigenvalue weighted by atomic mass is 10.2. The Morgan fingerprint density at radius 2 is 2.14 bits per heavy atom. The second-order valence-corrected chi connectivity index (χ2v) is 7.42. The number of anilines is 1. The lowest BCUT2D eigenvalue weighted by Crippen LogP contribution is -2.37. The highest BCUT2D eigenvalue weighted by molar-refractivity contribution is 7.13. The second-order valence-electron chi connectivity index (χ2n) is 6.59. The number of alkyl halides is 3. The molecule has 0 bridgehead atoms. The average Bonchev–Trinajstić information content (AvgIpc) is 3.37. The standard InChI is InChI=1S/C18H17F3N4O2S/c19-18(20,21)14-10-28-17(24-14)25-8-7-11(9-25)22-15(26)5-6-16-23-12-3-1-2-4-13(12)27-16/h1-4,10-11H,5-9H2,(H,22,26)/t11-/m1/s1. The molecule has 1 fully saturated rings. The van der Waals surface area contributed by atoms with Gasteiger partial charge in [0, 0.05) is 37.4 Å². The van der Waals surface area contributed by atoms with Crippen LogP contribution in [0.4, 0.5) is 18.3 Å². The number of rotatable bonds is 5. The van der Waals surface area contributed by atoms with E-state index in [1.165, 1.54) is 0 Å². The van der Waals surface area contributed by atoms with Crippen LogP contribution in [0.5, 0.6) is 0 Å². The molecule has 28 heavy (non-hydrogen) atoms. The summed E-state index contributed by atoms with van der Waals surface area (Å²) in [5.74, 6) is 0.371. The molecule has 1 aliphatic rings. The van der Waals surface area contributed by atoms with Crippen LogP contribution in [-0.2, 0) is 17.4 Å². The fraction of sp³-hybridized carbons (Fsp3) is 0.389. The first-order valence-corrected chi connectivity index (χ1v) is 9.68. The van der Waals surface area contributed by atoms with Gasteiger partial charge in [-0.15, -0.1) is 11.3 Å². The van der Waals surface area contributed by atoms with Gasteiger partial charge < -0.3 is 14.6 Å². The van der Waals surface area contributed by atoms with E-state index in [1.807, 2.05) is 24.3 Å². The zero-order valence-electron chi connectivity index (χ0n) is 14.7. The Balaban J connectivity index is 1.28. The number of nitrogens with zero attached hydrogens (tertiary/aromatic N) is 3. The molecule has 1 atom stereocenters. The number of para-hydroxylation sites is 2. The number of amides is 1. The minimum atomic E-state index is -4.44. The summed E-state index contributed by atoms with van der Waals surface area (Å²) in [5.41, 5.74) is 0.565. The smallest absolute Gasteiger partial charge is 0.434 e. The zero-order chi connectivity index (χ0) is 19.7. The molecule has 148 valence electrons. The number of benzene rings is 1. The van der Waals surface area contributed by atoms with E-state index in [2.05, 4.69) is 15.3 Å². The number of halogens is 3. The summed E-state index contributed by atoms with van der Waals surface area (Å²) in [7, 11) is 0. The molecular formula is C18H17F3N4O2S. The van der Waals surface area contributed by atoms with Gasteiger partial charge in [0.25, 0.3) is 0 Å². The number of hydrogen-bond donors (Lipinski definition) is 1. The first-order valence-electron chi connectivity index (χ1n) is 8.80. The average molecular weight is 410 g/mol. The highest BCUT2D eigenvalue weighted by atomic mass is 32.1. The summed E-state index contributed by atoms with van der Waals surface area (Å²) in [6, 6.07) is 7.28. The molecule has 0 saturated carbocycles. The van der Waals surface area contributed by atoms with Crippen molar-refractivity contribution in [3.63, 3.8) is 0 Å². The van der Waals surface area contributed by atoms with Gasteiger partial charge in [0.05, 0.1) is 0 Å². The molecule has 3 aromatic rings. The first kappa shape index (κ1) is 18.7. The van der Waals surface area contributed by atoms with Crippen molar-refractivity contribution in [2.45, 2.75) is 31.5 Å². The molecule has 0 spiro atoms. The molecule has 6 nitrogen and oxygen atoms in total. The number of thiazole rings is 1. The highest BCUT2D eigenvalue weighted by Crippen LogP contribution is 2.33. The number of carbonyl (C=O) groups is 1. The predicted molar refractivity (Wildman–Crippen MR) is 98.2 cm³/mol. The number of carbonyl (C=O) groups excluding carboxylic acids is 1. The van der Waals surface area contributed by atoms with Gasteiger partial charge in [0.1, 0.15) is 5.52 Å². The van der Waals surface area contributed by atoms with Crippen molar-refractivity contribution < 1.29 is 22.4 Å². The third-order valence-corrected chi connectivity index (χ3v) is 5.41. The molecular weight excluding hydrogens is 393 g/mol. The van der Waals surface area contributed by atoms with Crippen molar-refractivity contribution in [1.82, 2.24) is 15.3 Å². The number of fused-ring (bicyclic) bond motifs is 1. The minimum Gasteiger partial charge on any atom is -0.441 e. The fourth-order valence-electron chi connectivity index (χ4n) is 3.14. The maximum Gasteiger partial charge on any atom is 0.434 e. The summed E-state index contributed by atoms with van der Waals surface area (Å²) >= 11 is 0.966. The minimum absolute atomic E-state index is 0.116. The van der Waals surface area contributed by atoms with Crippen molar-refractivity contribution in [3.05, 3.63) is 41.2 Å². The van der Waals surface area contributed by atoms with E-state index in [-0.39, 0.29) is 18.4 Å². The van der Waals surface area contributed by atoms with Crippen molar-refractivity contribution in [1.29, 1.82) is 0 Å². The van der Waals surface area contributed by atoms with E-state index in [0.717, 1.165) is 22.2 Å². The molecule has 0 aliphatic carbocycles. The third kappa shape index (κ3) is 4.11. The lowest BCUT2D eigenvalue weighted by Gasteiger charge is -2.15. The zero-order valence-corrected chi connectivity index (χ0v) is 15.5. The normalized spacial score (nSPS) is 17.4. The summed E-state index contributed by atoms with van der Waals surface area (Å²) in [6.45, 7) is 1.00. The van der Waals surface area contributed by atoms with E-state index in [9.17, 15) is 18.0 Å². The van der Waals surface area contributed by atoms with E-state index in [1.54, 1.807) is 4.90 Å². The number of nitrogens with one attached hydrogen (secondary N) is 1. The van der Waals surface area contributed by atoms with E-state index in [4.69, 9.17) is 4.42 Å². The van der Waals surface area contributed by atoms with Crippen molar-refractivity contribution >= 4 is 33.5 Å². The molecule has 1 amide bonds. The number of oxazole rings is 1. The lowest BCUT2D eigenvalue weighted by molar-refractivity contribution is -0.140. The summed E-state index contributed by atoms with van der Waals surface area (Å²) in [5, 5.41) is 4.27. The predicted octanol–water partition coefficient (Wildman–Crippen LogP) is 3.63. The van der Waals surface area contributed by atoms with Crippen molar-refractivity contribution in [2.24, 2.45) is 0 Å². The van der Waals surface area contributed by atoms with Crippen molar-refractivity contribution in [3.8, 4) is 0 Å². The molecule has 1 aromatic carbocycles. The Morgan fingerprint density at radius 1 is 1.32 bits per heavy atom. The summed E-state index contributed by atoms with van der Waals surface area (Å²) < 4.78 is 43.7. The molecule has 1 N–H and O–H groups in total. The summed E-state index contributed by atoms with van der Waals surface area (Å²) in [6.07, 6.45) is -3.15. The van der Waals surface area contributed by atoms with E-state index in [0.29, 0.717) is 42.5 Å². The molecule has 2 aromatic heterocycles. The van der Waals surface area contributed by atoms with Crippen LogP contribution in [0.3, 0.4) is 0 Å². The van der Waals surface area contributed by atoms with Gasteiger partial charge in [-0.2, -0.15) is 13.2 Å². The Labute approximate surface area is 162 Å². The van der Waals surface area contributed by atoms with Crippen LogP contribution >= 0.6 is 11.3 Å². The quantitative estimate of drug-likeness (QED) is 0.696. The maximum atomic E-state index is 12.7. The van der Waals surface area contributed by atoms with Crippen LogP contribution in [0.1, 0.15) is 24.4 Å². The topological polar surface area (TPSA) is 71.3 Å². The van der Waals surface area contributed by atoms with Gasteiger partial charge in [0.2, 0.25) is 5.91 Å². The summed E-state index contributed by atoms with van der Waals surface area (Å²) in [4.78, 5) is 22.0. The van der Waals surface area contributed by atoms with Crippen LogP contribution < -0.4 is 10.2 Å². The Hall–Kier alpha value is -2.62. The van der Waals surface area contributed by atoms with Gasteiger partial charge in [-0.25, -0.2) is 9.97 Å². The molecule has 4 rings (SSSR count). The number of hydrogen-bond acceptors (Lipinski definition) is 6. The highest BCUT2D eigenvalue weighted by Gasteiger charge is 2.35.